The molecule has 84 valence electrons. The highest BCUT2D eigenvalue weighted by molar-refractivity contribution is 4.68. The maximum absolute atomic E-state index is 5.82. The van der Waals surface area contributed by atoms with Crippen LogP contribution >= 0.6 is 0 Å². The quantitative estimate of drug-likeness (QED) is 0.710. The predicted octanol–water partition coefficient (Wildman–Crippen LogP) is 2.58. The van der Waals surface area contributed by atoms with Gasteiger partial charge in [-0.2, -0.15) is 0 Å². The largest absolute Gasteiger partial charge is 0.378 e. The molecule has 0 aliphatic carbocycles. The molecule has 0 radical (unpaired) electrons. The normalized spacial score (nSPS) is 22.9. The molecular weight excluding hydrogens is 174 g/mol. The molecule has 0 amide bonds. The highest BCUT2D eigenvalue weighted by Crippen LogP contribution is 2.14. The fraction of sp³-hybridized carbons (Fsp3) is 1.00. The summed E-state index contributed by atoms with van der Waals surface area (Å²) in [7, 11) is 0. The van der Waals surface area contributed by atoms with Crippen molar-refractivity contribution in [2.45, 2.75) is 52.1 Å². The van der Waals surface area contributed by atoms with Gasteiger partial charge in [-0.3, -0.25) is 0 Å². The molecule has 1 atom stereocenters. The van der Waals surface area contributed by atoms with Crippen LogP contribution in [0.3, 0.4) is 0 Å². The van der Waals surface area contributed by atoms with E-state index < -0.39 is 0 Å². The lowest BCUT2D eigenvalue weighted by Crippen LogP contribution is -2.30. The summed E-state index contributed by atoms with van der Waals surface area (Å²) in [5.41, 5.74) is 0. The predicted molar refractivity (Wildman–Crippen MR) is 60.5 cm³/mol. The van der Waals surface area contributed by atoms with Crippen molar-refractivity contribution < 1.29 is 4.74 Å². The van der Waals surface area contributed by atoms with E-state index in [0.29, 0.717) is 6.10 Å². The van der Waals surface area contributed by atoms with E-state index in [0.717, 1.165) is 25.4 Å². The highest BCUT2D eigenvalue weighted by atomic mass is 16.5. The van der Waals surface area contributed by atoms with Crippen LogP contribution in [0, 0.1) is 5.92 Å². The number of piperidine rings is 1. The molecule has 1 heterocycles. The van der Waals surface area contributed by atoms with Crippen LogP contribution in [0.25, 0.3) is 0 Å². The summed E-state index contributed by atoms with van der Waals surface area (Å²) in [6.07, 6.45) is 6.77. The summed E-state index contributed by atoms with van der Waals surface area (Å²) in [5, 5.41) is 3.45. The van der Waals surface area contributed by atoms with Gasteiger partial charge in [0.2, 0.25) is 0 Å². The molecule has 2 nitrogen and oxygen atoms in total. The zero-order valence-electron chi connectivity index (χ0n) is 9.72. The molecular formula is C12H25NO. The fourth-order valence-electron chi connectivity index (χ4n) is 2.10. The minimum atomic E-state index is 0.492. The van der Waals surface area contributed by atoms with Gasteiger partial charge in [-0.1, -0.05) is 13.8 Å². The van der Waals surface area contributed by atoms with Gasteiger partial charge in [0.25, 0.3) is 0 Å². The molecule has 0 bridgehead atoms. The number of nitrogens with one attached hydrogen (secondary N) is 1. The third-order valence-electron chi connectivity index (χ3n) is 3.19. The van der Waals surface area contributed by atoms with E-state index in [9.17, 15) is 0 Å². The van der Waals surface area contributed by atoms with Crippen LogP contribution in [0.4, 0.5) is 0 Å². The fourth-order valence-corrected chi connectivity index (χ4v) is 2.10. The van der Waals surface area contributed by atoms with Crippen molar-refractivity contribution in [1.29, 1.82) is 0 Å². The van der Waals surface area contributed by atoms with Crippen molar-refractivity contribution in [2.75, 3.05) is 19.7 Å². The molecule has 1 unspecified atom stereocenters. The molecule has 0 aromatic carbocycles. The number of hydrogen-bond acceptors (Lipinski definition) is 2. The van der Waals surface area contributed by atoms with E-state index in [2.05, 4.69) is 19.2 Å². The maximum atomic E-state index is 5.82. The molecule has 1 aliphatic rings. The Morgan fingerprint density at radius 3 is 2.71 bits per heavy atom. The van der Waals surface area contributed by atoms with Crippen LogP contribution in [-0.2, 0) is 4.74 Å². The Kier molecular flexibility index (Phi) is 6.20. The van der Waals surface area contributed by atoms with Gasteiger partial charge in [0.1, 0.15) is 0 Å². The molecule has 14 heavy (non-hydrogen) atoms. The number of hydrogen-bond donors (Lipinski definition) is 1. The van der Waals surface area contributed by atoms with Crippen molar-refractivity contribution >= 4 is 0 Å². The second-order valence-corrected chi connectivity index (χ2v) is 4.31. The van der Waals surface area contributed by atoms with E-state index in [4.69, 9.17) is 4.74 Å². The monoisotopic (exact) mass is 199 g/mol. The summed E-state index contributed by atoms with van der Waals surface area (Å²) in [4.78, 5) is 0. The standard InChI is InChI=1S/C12H25NO/c1-3-12(4-2)14-9-7-11-6-5-8-13-10-11/h11-13H,3-10H2,1-2H3. The second-order valence-electron chi connectivity index (χ2n) is 4.31. The molecule has 1 fully saturated rings. The van der Waals surface area contributed by atoms with Crippen LogP contribution in [0.15, 0.2) is 0 Å². The van der Waals surface area contributed by atoms with Crippen LogP contribution < -0.4 is 5.32 Å². The molecule has 1 rings (SSSR count). The van der Waals surface area contributed by atoms with E-state index in [1.165, 1.54) is 32.4 Å². The zero-order valence-corrected chi connectivity index (χ0v) is 9.72. The van der Waals surface area contributed by atoms with Crippen molar-refractivity contribution in [2.24, 2.45) is 5.92 Å². The van der Waals surface area contributed by atoms with Gasteiger partial charge >= 0.3 is 0 Å². The minimum Gasteiger partial charge on any atom is -0.378 e. The first kappa shape index (κ1) is 12.0. The minimum absolute atomic E-state index is 0.492. The van der Waals surface area contributed by atoms with Gasteiger partial charge in [-0.15, -0.1) is 0 Å². The Morgan fingerprint density at radius 1 is 1.36 bits per heavy atom. The lowest BCUT2D eigenvalue weighted by molar-refractivity contribution is 0.0381. The summed E-state index contributed by atoms with van der Waals surface area (Å²) in [6.45, 7) is 7.78. The lowest BCUT2D eigenvalue weighted by atomic mass is 9.97. The van der Waals surface area contributed by atoms with Crippen molar-refractivity contribution in [3.63, 3.8) is 0 Å². The van der Waals surface area contributed by atoms with Gasteiger partial charge in [-0.25, -0.2) is 0 Å². The Bertz CT molecular complexity index is 128. The Balaban J connectivity index is 2.01. The van der Waals surface area contributed by atoms with Crippen molar-refractivity contribution in [3.8, 4) is 0 Å². The topological polar surface area (TPSA) is 21.3 Å². The number of rotatable bonds is 6. The van der Waals surface area contributed by atoms with Gasteiger partial charge < -0.3 is 10.1 Å². The van der Waals surface area contributed by atoms with Gasteiger partial charge in [0.05, 0.1) is 6.10 Å². The van der Waals surface area contributed by atoms with Crippen molar-refractivity contribution in [3.05, 3.63) is 0 Å². The number of ether oxygens (including phenoxy) is 1. The maximum Gasteiger partial charge on any atom is 0.0569 e. The smallest absolute Gasteiger partial charge is 0.0569 e. The Hall–Kier alpha value is -0.0800. The molecule has 0 aromatic rings. The molecule has 2 heteroatoms. The summed E-state index contributed by atoms with van der Waals surface area (Å²) in [5.74, 6) is 0.859. The van der Waals surface area contributed by atoms with E-state index in [1.54, 1.807) is 0 Å². The first-order valence-electron chi connectivity index (χ1n) is 6.19. The van der Waals surface area contributed by atoms with E-state index >= 15 is 0 Å². The first-order valence-corrected chi connectivity index (χ1v) is 6.19. The lowest BCUT2D eigenvalue weighted by Gasteiger charge is -2.23. The average Bonchev–Trinajstić information content (AvgIpc) is 2.26. The second kappa shape index (κ2) is 7.24. The summed E-state index contributed by atoms with van der Waals surface area (Å²) in [6, 6.07) is 0. The summed E-state index contributed by atoms with van der Waals surface area (Å²) >= 11 is 0. The van der Waals surface area contributed by atoms with E-state index in [-0.39, 0.29) is 0 Å². The van der Waals surface area contributed by atoms with Crippen LogP contribution in [0.1, 0.15) is 46.0 Å². The average molecular weight is 199 g/mol. The Morgan fingerprint density at radius 2 is 2.14 bits per heavy atom. The Labute approximate surface area is 88.4 Å². The van der Waals surface area contributed by atoms with E-state index in [1.807, 2.05) is 0 Å². The van der Waals surface area contributed by atoms with Gasteiger partial charge in [0.15, 0.2) is 0 Å². The third-order valence-corrected chi connectivity index (χ3v) is 3.19. The molecule has 1 aliphatic heterocycles. The molecule has 0 aromatic heterocycles. The van der Waals surface area contributed by atoms with Crippen LogP contribution in [-0.4, -0.2) is 25.8 Å². The van der Waals surface area contributed by atoms with Gasteiger partial charge in [-0.05, 0) is 51.1 Å². The molecule has 0 saturated carbocycles. The third kappa shape index (κ3) is 4.43. The SMILES string of the molecule is CCC(CC)OCCC1CCCNC1. The molecule has 0 spiro atoms. The highest BCUT2D eigenvalue weighted by Gasteiger charge is 2.13. The first-order chi connectivity index (χ1) is 6.86. The summed E-state index contributed by atoms with van der Waals surface area (Å²) < 4.78 is 5.82. The van der Waals surface area contributed by atoms with Gasteiger partial charge in [0, 0.05) is 6.61 Å². The van der Waals surface area contributed by atoms with Crippen LogP contribution in [0.5, 0.6) is 0 Å². The van der Waals surface area contributed by atoms with Crippen molar-refractivity contribution in [1.82, 2.24) is 5.32 Å². The zero-order chi connectivity index (χ0) is 10.2. The van der Waals surface area contributed by atoms with Crippen LogP contribution in [0.2, 0.25) is 0 Å². The molecule has 1 N–H and O–H groups in total. The molecule has 1 saturated heterocycles.